The Kier molecular flexibility index (Phi) is 15.9. The first-order chi connectivity index (χ1) is 20.0. The molecule has 0 aliphatic carbocycles. The molecule has 45 heavy (non-hydrogen) atoms. The topological polar surface area (TPSA) is 207 Å². The van der Waals surface area contributed by atoms with E-state index in [4.69, 9.17) is 0 Å². The molecule has 0 aliphatic rings. The maximum absolute atomic E-state index is 12.7. The summed E-state index contributed by atoms with van der Waals surface area (Å²) in [6.07, 6.45) is -16.7. The molecule has 0 saturated heterocycles. The van der Waals surface area contributed by atoms with Gasteiger partial charge in [-0.3, -0.25) is 0 Å². The molecule has 0 aromatic heterocycles. The minimum absolute atomic E-state index is 0.0465. The van der Waals surface area contributed by atoms with E-state index >= 15 is 0 Å². The first-order valence-corrected chi connectivity index (χ1v) is 19.1. The summed E-state index contributed by atoms with van der Waals surface area (Å²) < 4.78 is 149. The maximum atomic E-state index is 12.7. The van der Waals surface area contributed by atoms with Crippen molar-refractivity contribution < 1.29 is 81.6 Å². The van der Waals surface area contributed by atoms with Crippen molar-refractivity contribution in [2.45, 2.75) is 24.6 Å². The fourth-order valence-electron chi connectivity index (χ4n) is 2.63. The third kappa shape index (κ3) is 14.2. The lowest BCUT2D eigenvalue weighted by Gasteiger charge is -2.22. The molecule has 0 saturated carbocycles. The first kappa shape index (κ1) is 43.1. The van der Waals surface area contributed by atoms with E-state index in [0.29, 0.717) is 7.14 Å². The number of benzene rings is 2. The molecule has 0 heterocycles. The van der Waals surface area contributed by atoms with E-state index in [2.05, 4.69) is 9.47 Å². The van der Waals surface area contributed by atoms with Crippen LogP contribution in [0.4, 0.5) is 26.3 Å². The average molecular weight is 1260 g/mol. The Labute approximate surface area is 317 Å². The largest absolute Gasteiger partial charge is 0.748 e. The molecule has 0 bridgehead atoms. The van der Waals surface area contributed by atoms with Crippen molar-refractivity contribution in [3.63, 3.8) is 0 Å². The molecule has 2 aromatic rings. The van der Waals surface area contributed by atoms with Crippen molar-refractivity contribution in [2.24, 2.45) is 0 Å². The summed E-state index contributed by atoms with van der Waals surface area (Å²) in [6, 6.07) is 3.86. The lowest BCUT2D eigenvalue weighted by atomic mass is 10.2. The monoisotopic (exact) mass is 1260 g/mol. The van der Waals surface area contributed by atoms with Crippen molar-refractivity contribution in [1.29, 1.82) is 0 Å². The van der Waals surface area contributed by atoms with Crippen molar-refractivity contribution in [2.75, 3.05) is 11.5 Å². The van der Waals surface area contributed by atoms with Crippen molar-refractivity contribution in [1.82, 2.24) is 0 Å². The van der Waals surface area contributed by atoms with E-state index in [9.17, 15) is 72.1 Å². The van der Waals surface area contributed by atoms with Crippen LogP contribution in [0.25, 0.3) is 0 Å². The van der Waals surface area contributed by atoms with Crippen LogP contribution in [0.2, 0.25) is 0 Å². The summed E-state index contributed by atoms with van der Waals surface area (Å²) in [6.45, 7) is 0. The van der Waals surface area contributed by atoms with Crippen LogP contribution in [0.5, 0.6) is 11.5 Å². The van der Waals surface area contributed by atoms with Gasteiger partial charge in [0.15, 0.2) is 0 Å². The molecule has 2 atom stereocenters. The molecule has 2 N–H and O–H groups in total. The number of phenols is 2. The fraction of sp³-hybridized carbons (Fsp3) is 0.300. The Bertz CT molecular complexity index is 1670. The number of carbonyl (C=O) groups excluding carboxylic acids is 2. The summed E-state index contributed by atoms with van der Waals surface area (Å²) in [5.41, 5.74) is -0.907. The second-order valence-electron chi connectivity index (χ2n) is 7.98. The SMILES string of the molecule is O=C(OC(CS(=O)(=O)[O-])C(F)(F)F)c1c(I)cc(I)c(O)c1I.O=C(OC(CS(=O)(=O)[O-])C(F)(F)F)c1cc(I)cc(I)c1O. The van der Waals surface area contributed by atoms with E-state index in [-0.39, 0.29) is 22.0 Å². The van der Waals surface area contributed by atoms with Gasteiger partial charge in [0.1, 0.15) is 17.1 Å². The van der Waals surface area contributed by atoms with Crippen LogP contribution < -0.4 is 0 Å². The highest BCUT2D eigenvalue weighted by Crippen LogP contribution is 2.34. The number of ether oxygens (including phenoxy) is 2. The molecule has 0 fully saturated rings. The van der Waals surface area contributed by atoms with Gasteiger partial charge in [0.25, 0.3) is 0 Å². The van der Waals surface area contributed by atoms with Crippen LogP contribution in [0.15, 0.2) is 18.2 Å². The molecular weight excluding hydrogens is 1240 g/mol. The van der Waals surface area contributed by atoms with Crippen molar-refractivity contribution in [3.05, 3.63) is 47.2 Å². The number of carbonyl (C=O) groups is 2. The number of esters is 2. The standard InChI is InChI=1S/C10H6F3I3O6S.C10H7F3I2O6S/c11-10(12,13)5(2-23(19,20)21)22-9(18)6-3(14)1-4(15)8(17)7(6)16;11-10(12,13)7(3-22(18,19)20)21-9(17)5-1-4(14)2-6(15)8(5)16/h1,5,17H,2H2,(H,19,20,21);1-2,7,16H,3H2,(H,18,19,20)/p-2. The van der Waals surface area contributed by atoms with Crippen molar-refractivity contribution >= 4 is 145 Å². The third-order valence-electron chi connectivity index (χ3n) is 4.54. The fourth-order valence-corrected chi connectivity index (χ4v) is 9.54. The smallest absolute Gasteiger partial charge is 0.426 e. The Balaban J connectivity index is 0.000000450. The number of phenolic OH excluding ortho intramolecular Hbond substituents is 2. The van der Waals surface area contributed by atoms with E-state index in [1.165, 1.54) is 12.1 Å². The molecule has 254 valence electrons. The molecule has 0 spiro atoms. The van der Waals surface area contributed by atoms with E-state index in [1.807, 2.05) is 0 Å². The molecule has 0 aliphatic heterocycles. The molecule has 25 heteroatoms. The lowest BCUT2D eigenvalue weighted by molar-refractivity contribution is -0.197. The number of aromatic hydroxyl groups is 2. The van der Waals surface area contributed by atoms with Gasteiger partial charge in [-0.05, 0) is 131 Å². The average Bonchev–Trinajstić information content (AvgIpc) is 2.81. The van der Waals surface area contributed by atoms with Gasteiger partial charge in [-0.15, -0.1) is 0 Å². The van der Waals surface area contributed by atoms with Gasteiger partial charge < -0.3 is 28.8 Å². The predicted molar refractivity (Wildman–Crippen MR) is 179 cm³/mol. The summed E-state index contributed by atoms with van der Waals surface area (Å²) >= 11 is 8.37. The normalized spacial score (nSPS) is 13.7. The van der Waals surface area contributed by atoms with Crippen LogP contribution in [0.1, 0.15) is 20.7 Å². The number of rotatable bonds is 8. The zero-order valence-electron chi connectivity index (χ0n) is 20.8. The first-order valence-electron chi connectivity index (χ1n) is 10.5. The Morgan fingerprint density at radius 2 is 1.11 bits per heavy atom. The number of alkyl halides is 6. The Morgan fingerprint density at radius 1 is 0.711 bits per heavy atom. The van der Waals surface area contributed by atoms with Crippen LogP contribution in [0, 0.1) is 17.9 Å². The number of hydrogen-bond donors (Lipinski definition) is 2. The van der Waals surface area contributed by atoms with Gasteiger partial charge in [0.2, 0.25) is 12.2 Å². The van der Waals surface area contributed by atoms with E-state index in [1.54, 1.807) is 113 Å². The van der Waals surface area contributed by atoms with E-state index < -0.39 is 79.6 Å². The van der Waals surface area contributed by atoms with Gasteiger partial charge >= 0.3 is 24.3 Å². The molecular formula is C20H11F6I5O12S2-2. The van der Waals surface area contributed by atoms with Gasteiger partial charge in [-0.25, -0.2) is 26.4 Å². The second-order valence-corrected chi connectivity index (χ2v) is 16.7. The summed E-state index contributed by atoms with van der Waals surface area (Å²) in [5.74, 6) is -7.86. The Morgan fingerprint density at radius 3 is 1.51 bits per heavy atom. The number of hydrogen-bond acceptors (Lipinski definition) is 12. The molecule has 2 aromatic carbocycles. The van der Waals surface area contributed by atoms with Gasteiger partial charge in [0.05, 0.1) is 48.0 Å². The summed E-state index contributed by atoms with van der Waals surface area (Å²) in [4.78, 5) is 23.7. The van der Waals surface area contributed by atoms with Gasteiger partial charge in [-0.2, -0.15) is 26.3 Å². The predicted octanol–water partition coefficient (Wildman–Crippen LogP) is 5.07. The van der Waals surface area contributed by atoms with Gasteiger partial charge in [-0.1, -0.05) is 0 Å². The molecule has 2 rings (SSSR count). The highest BCUT2D eigenvalue weighted by atomic mass is 127. The van der Waals surface area contributed by atoms with Crippen LogP contribution in [0.3, 0.4) is 0 Å². The molecule has 2 unspecified atom stereocenters. The molecule has 0 radical (unpaired) electrons. The minimum Gasteiger partial charge on any atom is -0.748 e. The maximum Gasteiger partial charge on any atom is 0.426 e. The second kappa shape index (κ2) is 16.6. The Hall–Kier alpha value is 0.0300. The summed E-state index contributed by atoms with van der Waals surface area (Å²) in [7, 11) is -10.5. The lowest BCUT2D eigenvalue weighted by Crippen LogP contribution is -2.39. The highest BCUT2D eigenvalue weighted by molar-refractivity contribution is 14.1. The number of halogens is 11. The summed E-state index contributed by atoms with van der Waals surface area (Å²) in [5, 5.41) is 19.4. The van der Waals surface area contributed by atoms with Gasteiger partial charge in [0, 0.05) is 7.14 Å². The third-order valence-corrected chi connectivity index (χ3v) is 10.1. The molecule has 0 amide bonds. The van der Waals surface area contributed by atoms with E-state index in [0.717, 1.165) is 6.07 Å². The quantitative estimate of drug-likeness (QED) is 0.154. The highest BCUT2D eigenvalue weighted by Gasteiger charge is 2.45. The minimum atomic E-state index is -5.27. The molecule has 12 nitrogen and oxygen atoms in total. The van der Waals surface area contributed by atoms with Crippen molar-refractivity contribution in [3.8, 4) is 11.5 Å². The zero-order chi connectivity index (χ0) is 35.5. The van der Waals surface area contributed by atoms with Crippen LogP contribution >= 0.6 is 113 Å². The van der Waals surface area contributed by atoms with Crippen LogP contribution in [-0.4, -0.2) is 84.2 Å². The zero-order valence-corrected chi connectivity index (χ0v) is 33.2. The van der Waals surface area contributed by atoms with Crippen LogP contribution in [-0.2, 0) is 29.7 Å².